The molecule has 0 amide bonds. The number of nitrogen functional groups attached to an aromatic ring is 1. The molecular weight excluding hydrogens is 272 g/mol. The first kappa shape index (κ1) is 15.4. The van der Waals surface area contributed by atoms with Gasteiger partial charge in [0.25, 0.3) is 0 Å². The van der Waals surface area contributed by atoms with Gasteiger partial charge in [-0.3, -0.25) is 4.98 Å². The van der Waals surface area contributed by atoms with Crippen molar-refractivity contribution in [2.75, 3.05) is 12.3 Å². The molecule has 0 fully saturated rings. The molecule has 1 aromatic carbocycles. The van der Waals surface area contributed by atoms with Gasteiger partial charge in [-0.25, -0.2) is 8.78 Å². The van der Waals surface area contributed by atoms with E-state index in [2.05, 4.69) is 17.2 Å². The molecule has 21 heavy (non-hydrogen) atoms. The van der Waals surface area contributed by atoms with Crippen molar-refractivity contribution < 1.29 is 8.78 Å². The number of halogens is 2. The number of nitrogens with zero attached hydrogens (tertiary/aromatic N) is 1. The van der Waals surface area contributed by atoms with Crippen molar-refractivity contribution >= 4 is 5.69 Å². The molecule has 2 aromatic rings. The maximum atomic E-state index is 13.3. The van der Waals surface area contributed by atoms with Crippen LogP contribution >= 0.6 is 0 Å². The van der Waals surface area contributed by atoms with E-state index in [0.717, 1.165) is 24.6 Å². The summed E-state index contributed by atoms with van der Waals surface area (Å²) < 4.78 is 26.6. The summed E-state index contributed by atoms with van der Waals surface area (Å²) in [5.74, 6) is -1.14. The van der Waals surface area contributed by atoms with Crippen LogP contribution in [0.4, 0.5) is 14.5 Å². The molecule has 0 aliphatic heterocycles. The third-order valence-corrected chi connectivity index (χ3v) is 3.27. The van der Waals surface area contributed by atoms with E-state index in [1.54, 1.807) is 18.5 Å². The first-order valence-corrected chi connectivity index (χ1v) is 6.98. The summed E-state index contributed by atoms with van der Waals surface area (Å²) in [6, 6.07) is 5.16. The van der Waals surface area contributed by atoms with Crippen LogP contribution in [-0.2, 0) is 6.42 Å². The summed E-state index contributed by atoms with van der Waals surface area (Å²) in [5.41, 5.74) is 8.03. The molecule has 0 saturated carbocycles. The van der Waals surface area contributed by atoms with Gasteiger partial charge < -0.3 is 11.1 Å². The molecule has 0 aliphatic carbocycles. The Kier molecular flexibility index (Phi) is 5.22. The zero-order valence-corrected chi connectivity index (χ0v) is 11.9. The maximum Gasteiger partial charge on any atom is 0.126 e. The SMILES string of the molecule is CCCNC(Cc1cc(F)cc(F)c1)c1cnccc1N. The fourth-order valence-electron chi connectivity index (χ4n) is 2.28. The lowest BCUT2D eigenvalue weighted by molar-refractivity contribution is 0.522. The van der Waals surface area contributed by atoms with Crippen molar-refractivity contribution in [3.05, 3.63) is 59.4 Å². The van der Waals surface area contributed by atoms with Gasteiger partial charge in [-0.2, -0.15) is 0 Å². The van der Waals surface area contributed by atoms with Crippen molar-refractivity contribution in [1.82, 2.24) is 10.3 Å². The summed E-state index contributed by atoms with van der Waals surface area (Å²) >= 11 is 0. The highest BCUT2D eigenvalue weighted by atomic mass is 19.1. The predicted octanol–water partition coefficient (Wildman–Crippen LogP) is 3.23. The lowest BCUT2D eigenvalue weighted by Gasteiger charge is -2.20. The van der Waals surface area contributed by atoms with Crippen LogP contribution in [0, 0.1) is 11.6 Å². The van der Waals surface area contributed by atoms with Crippen LogP contribution in [0.2, 0.25) is 0 Å². The molecule has 0 bridgehead atoms. The van der Waals surface area contributed by atoms with Crippen LogP contribution in [0.3, 0.4) is 0 Å². The van der Waals surface area contributed by atoms with Gasteiger partial charge >= 0.3 is 0 Å². The Morgan fingerprint density at radius 3 is 2.57 bits per heavy atom. The number of anilines is 1. The number of aromatic nitrogens is 1. The lowest BCUT2D eigenvalue weighted by Crippen LogP contribution is -2.25. The Morgan fingerprint density at radius 2 is 1.95 bits per heavy atom. The number of nitrogens with two attached hydrogens (primary N) is 1. The molecule has 2 rings (SSSR count). The summed E-state index contributed by atoms with van der Waals surface area (Å²) in [7, 11) is 0. The van der Waals surface area contributed by atoms with Gasteiger partial charge in [-0.15, -0.1) is 0 Å². The first-order chi connectivity index (χ1) is 10.1. The molecule has 0 aliphatic rings. The first-order valence-electron chi connectivity index (χ1n) is 6.98. The standard InChI is InChI=1S/C16H19F2N3/c1-2-4-21-16(14-10-20-5-3-15(14)19)8-11-6-12(17)9-13(18)7-11/h3,5-7,9-10,16,21H,2,4,8H2,1H3,(H2,19,20). The van der Waals surface area contributed by atoms with Crippen LogP contribution in [0.5, 0.6) is 0 Å². The van der Waals surface area contributed by atoms with E-state index in [1.807, 2.05) is 0 Å². The second-order valence-electron chi connectivity index (χ2n) is 4.99. The van der Waals surface area contributed by atoms with E-state index < -0.39 is 11.6 Å². The molecular formula is C16H19F2N3. The average Bonchev–Trinajstić information content (AvgIpc) is 2.43. The van der Waals surface area contributed by atoms with E-state index >= 15 is 0 Å². The van der Waals surface area contributed by atoms with Crippen LogP contribution < -0.4 is 11.1 Å². The van der Waals surface area contributed by atoms with E-state index in [1.165, 1.54) is 12.1 Å². The van der Waals surface area contributed by atoms with E-state index in [9.17, 15) is 8.78 Å². The van der Waals surface area contributed by atoms with Crippen molar-refractivity contribution in [2.45, 2.75) is 25.8 Å². The van der Waals surface area contributed by atoms with Crippen LogP contribution in [0.1, 0.15) is 30.5 Å². The number of benzene rings is 1. The number of pyridine rings is 1. The second-order valence-corrected chi connectivity index (χ2v) is 4.99. The third kappa shape index (κ3) is 4.23. The Morgan fingerprint density at radius 1 is 1.24 bits per heavy atom. The van der Waals surface area contributed by atoms with Gasteiger partial charge in [0.15, 0.2) is 0 Å². The Balaban J connectivity index is 2.26. The largest absolute Gasteiger partial charge is 0.398 e. The van der Waals surface area contributed by atoms with E-state index in [-0.39, 0.29) is 6.04 Å². The van der Waals surface area contributed by atoms with Crippen LogP contribution in [0.15, 0.2) is 36.7 Å². The van der Waals surface area contributed by atoms with Crippen LogP contribution in [0.25, 0.3) is 0 Å². The molecule has 0 spiro atoms. The van der Waals surface area contributed by atoms with E-state index in [0.29, 0.717) is 17.7 Å². The van der Waals surface area contributed by atoms with Gasteiger partial charge in [-0.1, -0.05) is 6.92 Å². The number of rotatable bonds is 6. The Hall–Kier alpha value is -2.01. The number of nitrogens with one attached hydrogen (secondary N) is 1. The molecule has 0 radical (unpaired) electrons. The van der Waals surface area contributed by atoms with Gasteiger partial charge in [0.1, 0.15) is 11.6 Å². The summed E-state index contributed by atoms with van der Waals surface area (Å²) in [6.07, 6.45) is 4.72. The quantitative estimate of drug-likeness (QED) is 0.859. The zero-order chi connectivity index (χ0) is 15.2. The van der Waals surface area contributed by atoms with Crippen molar-refractivity contribution in [1.29, 1.82) is 0 Å². The molecule has 112 valence electrons. The third-order valence-electron chi connectivity index (χ3n) is 3.27. The minimum atomic E-state index is -0.571. The molecule has 3 nitrogen and oxygen atoms in total. The molecule has 3 N–H and O–H groups in total. The molecule has 0 saturated heterocycles. The molecule has 1 atom stereocenters. The summed E-state index contributed by atoms with van der Waals surface area (Å²) in [5, 5.41) is 3.35. The second kappa shape index (κ2) is 7.13. The predicted molar refractivity (Wildman–Crippen MR) is 79.7 cm³/mol. The Bertz CT molecular complexity index is 582. The van der Waals surface area contributed by atoms with Crippen molar-refractivity contribution in [3.63, 3.8) is 0 Å². The minimum absolute atomic E-state index is 0.125. The van der Waals surface area contributed by atoms with E-state index in [4.69, 9.17) is 5.73 Å². The van der Waals surface area contributed by atoms with Gasteiger partial charge in [0, 0.05) is 35.8 Å². The maximum absolute atomic E-state index is 13.3. The van der Waals surface area contributed by atoms with Crippen LogP contribution in [-0.4, -0.2) is 11.5 Å². The minimum Gasteiger partial charge on any atom is -0.398 e. The monoisotopic (exact) mass is 291 g/mol. The number of hydrogen-bond acceptors (Lipinski definition) is 3. The number of hydrogen-bond donors (Lipinski definition) is 2. The Labute approximate surface area is 123 Å². The molecule has 1 unspecified atom stereocenters. The fourth-order valence-corrected chi connectivity index (χ4v) is 2.28. The topological polar surface area (TPSA) is 50.9 Å². The smallest absolute Gasteiger partial charge is 0.126 e. The highest BCUT2D eigenvalue weighted by Crippen LogP contribution is 2.23. The van der Waals surface area contributed by atoms with Crippen molar-refractivity contribution in [2.24, 2.45) is 0 Å². The summed E-state index contributed by atoms with van der Waals surface area (Å²) in [6.45, 7) is 2.84. The fraction of sp³-hybridized carbons (Fsp3) is 0.312. The van der Waals surface area contributed by atoms with Gasteiger partial charge in [0.2, 0.25) is 0 Å². The highest BCUT2D eigenvalue weighted by molar-refractivity contribution is 5.46. The van der Waals surface area contributed by atoms with Crippen molar-refractivity contribution in [3.8, 4) is 0 Å². The average molecular weight is 291 g/mol. The molecule has 1 heterocycles. The van der Waals surface area contributed by atoms with Gasteiger partial charge in [0.05, 0.1) is 0 Å². The van der Waals surface area contributed by atoms with Gasteiger partial charge in [-0.05, 0) is 43.1 Å². The summed E-state index contributed by atoms with van der Waals surface area (Å²) in [4.78, 5) is 4.08. The lowest BCUT2D eigenvalue weighted by atomic mass is 9.98. The molecule has 5 heteroatoms. The highest BCUT2D eigenvalue weighted by Gasteiger charge is 2.15. The zero-order valence-electron chi connectivity index (χ0n) is 11.9. The molecule has 1 aromatic heterocycles. The normalized spacial score (nSPS) is 12.3.